The van der Waals surface area contributed by atoms with Crippen molar-refractivity contribution in [3.05, 3.63) is 6.20 Å². The summed E-state index contributed by atoms with van der Waals surface area (Å²) < 4.78 is 6.72. The van der Waals surface area contributed by atoms with Crippen molar-refractivity contribution in [2.45, 2.75) is 38.1 Å². The topological polar surface area (TPSA) is 65.3 Å². The highest BCUT2D eigenvalue weighted by atomic mass is 35.5. The van der Waals surface area contributed by atoms with Gasteiger partial charge >= 0.3 is 5.88 Å². The summed E-state index contributed by atoms with van der Waals surface area (Å²) in [6, 6.07) is 0.382. The quantitative estimate of drug-likeness (QED) is 0.346. The van der Waals surface area contributed by atoms with Crippen LogP contribution >= 0.6 is 11.6 Å². The second-order valence-corrected chi connectivity index (χ2v) is 4.22. The average molecular weight is 244 g/mol. The summed E-state index contributed by atoms with van der Waals surface area (Å²) in [4.78, 5) is 3.67. The molecule has 0 radical (unpaired) electrons. The van der Waals surface area contributed by atoms with E-state index in [0.29, 0.717) is 6.04 Å². The highest BCUT2D eigenvalue weighted by Gasteiger charge is 2.25. The number of nitrogens with zero attached hydrogens (tertiary/aromatic N) is 3. The second kappa shape index (κ2) is 5.30. The Balaban J connectivity index is 2.06. The Hall–Kier alpha value is -1.10. The fourth-order valence-electron chi connectivity index (χ4n) is 1.97. The van der Waals surface area contributed by atoms with Gasteiger partial charge in [-0.05, 0) is 23.4 Å². The third-order valence-corrected chi connectivity index (χ3v) is 3.00. The Bertz CT molecular complexity index is 372. The van der Waals surface area contributed by atoms with E-state index in [4.69, 9.17) is 16.1 Å². The Kier molecular flexibility index (Phi) is 3.77. The lowest BCUT2D eigenvalue weighted by Gasteiger charge is -2.12. The van der Waals surface area contributed by atoms with Crippen molar-refractivity contribution in [2.24, 2.45) is 4.99 Å². The largest absolute Gasteiger partial charge is 0.861 e. The summed E-state index contributed by atoms with van der Waals surface area (Å²) >= 11 is 5.35. The van der Waals surface area contributed by atoms with Crippen molar-refractivity contribution >= 4 is 23.4 Å². The van der Waals surface area contributed by atoms with E-state index in [0.717, 1.165) is 12.8 Å². The normalized spacial score (nSPS) is 18.9. The summed E-state index contributed by atoms with van der Waals surface area (Å²) in [5.41, 5.74) is 0. The minimum absolute atomic E-state index is 0.135. The van der Waals surface area contributed by atoms with Crippen LogP contribution in [-0.2, 0) is 0 Å². The van der Waals surface area contributed by atoms with Crippen molar-refractivity contribution in [1.29, 1.82) is 0 Å². The summed E-state index contributed by atoms with van der Waals surface area (Å²) in [7, 11) is 0. The van der Waals surface area contributed by atoms with Crippen LogP contribution in [0.3, 0.4) is 0 Å². The highest BCUT2D eigenvalue weighted by Crippen LogP contribution is 2.23. The van der Waals surface area contributed by atoms with Crippen LogP contribution in [-0.4, -0.2) is 17.0 Å². The van der Waals surface area contributed by atoms with E-state index in [1.807, 2.05) is 0 Å². The first-order valence-corrected chi connectivity index (χ1v) is 6.01. The highest BCUT2D eigenvalue weighted by molar-refractivity contribution is 6.26. The predicted octanol–water partition coefficient (Wildman–Crippen LogP) is 1.10. The molecule has 1 fully saturated rings. The van der Waals surface area contributed by atoms with Gasteiger partial charge in [0.1, 0.15) is 0 Å². The van der Waals surface area contributed by atoms with Crippen LogP contribution in [0.2, 0.25) is 0 Å². The molecule has 0 aromatic carbocycles. The molecule has 16 heavy (non-hydrogen) atoms. The minimum atomic E-state index is -0.409. The van der Waals surface area contributed by atoms with E-state index in [-0.39, 0.29) is 11.8 Å². The van der Waals surface area contributed by atoms with E-state index >= 15 is 0 Å². The van der Waals surface area contributed by atoms with Crippen molar-refractivity contribution < 1.29 is 14.3 Å². The zero-order valence-corrected chi connectivity index (χ0v) is 9.69. The SMILES string of the molecule is [O-]/C(CCl)=N/c1c[n+](C2CCCCC2)no1. The number of hydrogen-bond acceptors (Lipinski definition) is 4. The van der Waals surface area contributed by atoms with Gasteiger partial charge in [-0.15, -0.1) is 11.6 Å². The fourth-order valence-corrected chi connectivity index (χ4v) is 2.03. The van der Waals surface area contributed by atoms with Crippen LogP contribution in [0.25, 0.3) is 0 Å². The van der Waals surface area contributed by atoms with E-state index in [1.54, 1.807) is 10.9 Å². The van der Waals surface area contributed by atoms with Gasteiger partial charge < -0.3 is 5.11 Å². The number of aliphatic imine (C=N–C) groups is 1. The molecule has 1 aliphatic rings. The molecule has 0 saturated heterocycles. The zero-order chi connectivity index (χ0) is 11.4. The van der Waals surface area contributed by atoms with Gasteiger partial charge in [0, 0.05) is 12.8 Å². The fraction of sp³-hybridized carbons (Fsp3) is 0.700. The Morgan fingerprint density at radius 3 is 3.00 bits per heavy atom. The lowest BCUT2D eigenvalue weighted by atomic mass is 9.96. The maximum Gasteiger partial charge on any atom is 0.320 e. The standard InChI is InChI=1S/C10H14ClN3O2/c11-6-9(15)12-10-7-14(13-16-10)8-4-2-1-3-5-8/h7-8H,1-6H2. The van der Waals surface area contributed by atoms with Gasteiger partial charge in [0.05, 0.1) is 5.88 Å². The molecule has 0 spiro atoms. The number of halogens is 1. The Labute approximate surface area is 98.7 Å². The van der Waals surface area contributed by atoms with Crippen molar-refractivity contribution in [1.82, 2.24) is 5.27 Å². The average Bonchev–Trinajstić information content (AvgIpc) is 2.78. The number of aromatic nitrogens is 2. The van der Waals surface area contributed by atoms with Crippen molar-refractivity contribution in [3.8, 4) is 0 Å². The molecule has 0 unspecified atom stereocenters. The first-order chi connectivity index (χ1) is 7.79. The van der Waals surface area contributed by atoms with Gasteiger partial charge in [-0.25, -0.2) is 4.99 Å². The van der Waals surface area contributed by atoms with Gasteiger partial charge in [-0.1, -0.05) is 6.42 Å². The van der Waals surface area contributed by atoms with Crippen LogP contribution in [0.1, 0.15) is 38.1 Å². The van der Waals surface area contributed by atoms with Crippen LogP contribution in [0, 0.1) is 0 Å². The molecule has 88 valence electrons. The van der Waals surface area contributed by atoms with E-state index in [2.05, 4.69) is 10.3 Å². The lowest BCUT2D eigenvalue weighted by Crippen LogP contribution is -2.41. The number of alkyl halides is 1. The summed E-state index contributed by atoms with van der Waals surface area (Å²) in [6.07, 6.45) is 7.62. The monoisotopic (exact) mass is 243 g/mol. The third-order valence-electron chi connectivity index (χ3n) is 2.77. The zero-order valence-electron chi connectivity index (χ0n) is 8.93. The van der Waals surface area contributed by atoms with Gasteiger partial charge in [-0.3, -0.25) is 4.52 Å². The summed E-state index contributed by atoms with van der Waals surface area (Å²) in [6.45, 7) is 0. The van der Waals surface area contributed by atoms with Crippen LogP contribution < -0.4 is 9.79 Å². The molecule has 6 heteroatoms. The molecule has 1 aliphatic carbocycles. The molecule has 0 N–H and O–H groups in total. The van der Waals surface area contributed by atoms with Crippen LogP contribution in [0.5, 0.6) is 0 Å². The van der Waals surface area contributed by atoms with Gasteiger partial charge in [-0.2, -0.15) is 0 Å². The van der Waals surface area contributed by atoms with Crippen LogP contribution in [0.4, 0.5) is 5.88 Å². The minimum Gasteiger partial charge on any atom is -0.861 e. The summed E-state index contributed by atoms with van der Waals surface area (Å²) in [5.74, 6) is -0.311. The molecule has 1 saturated carbocycles. The summed E-state index contributed by atoms with van der Waals surface area (Å²) in [5, 5.41) is 14.9. The first kappa shape index (κ1) is 11.4. The molecule has 5 nitrogen and oxygen atoms in total. The maximum absolute atomic E-state index is 11.0. The lowest BCUT2D eigenvalue weighted by molar-refractivity contribution is -0.787. The molecular weight excluding hydrogens is 230 g/mol. The van der Waals surface area contributed by atoms with Gasteiger partial charge in [0.15, 0.2) is 6.04 Å². The molecule has 1 aromatic rings. The second-order valence-electron chi connectivity index (χ2n) is 3.95. The maximum atomic E-state index is 11.0. The molecule has 0 bridgehead atoms. The van der Waals surface area contributed by atoms with E-state index < -0.39 is 5.90 Å². The molecule has 0 amide bonds. The third kappa shape index (κ3) is 2.72. The Morgan fingerprint density at radius 2 is 2.31 bits per heavy atom. The first-order valence-electron chi connectivity index (χ1n) is 5.48. The van der Waals surface area contributed by atoms with Gasteiger partial charge in [0.25, 0.3) is 6.20 Å². The van der Waals surface area contributed by atoms with Gasteiger partial charge in [0.2, 0.25) is 5.27 Å². The molecule has 2 rings (SSSR count). The smallest absolute Gasteiger partial charge is 0.320 e. The van der Waals surface area contributed by atoms with Crippen molar-refractivity contribution in [3.63, 3.8) is 0 Å². The molecular formula is C10H14ClN3O2. The predicted molar refractivity (Wildman–Crippen MR) is 56.6 cm³/mol. The molecule has 1 aromatic heterocycles. The molecule has 0 atom stereocenters. The van der Waals surface area contributed by atoms with E-state index in [9.17, 15) is 5.11 Å². The molecule has 1 heterocycles. The van der Waals surface area contributed by atoms with Crippen LogP contribution in [0.15, 0.2) is 15.7 Å². The van der Waals surface area contributed by atoms with Crippen molar-refractivity contribution in [2.75, 3.05) is 5.88 Å². The Morgan fingerprint density at radius 1 is 1.56 bits per heavy atom. The molecule has 0 aliphatic heterocycles. The number of hydrogen-bond donors (Lipinski definition) is 0. The van der Waals surface area contributed by atoms with E-state index in [1.165, 1.54) is 19.3 Å². The number of rotatable bonds is 3.